The van der Waals surface area contributed by atoms with Gasteiger partial charge < -0.3 is 20.5 Å². The Hall–Kier alpha value is -1.43. The fourth-order valence-corrected chi connectivity index (χ4v) is 2.05. The van der Waals surface area contributed by atoms with E-state index in [-0.39, 0.29) is 6.61 Å². The molecule has 1 aromatic heterocycles. The molecule has 5 nitrogen and oxygen atoms in total. The van der Waals surface area contributed by atoms with E-state index in [1.54, 1.807) is 0 Å². The largest absolute Gasteiger partial charge is 0.394 e. The van der Waals surface area contributed by atoms with Gasteiger partial charge in [0.25, 0.3) is 0 Å². The summed E-state index contributed by atoms with van der Waals surface area (Å²) in [4.78, 5) is 4.55. The third-order valence-corrected chi connectivity index (χ3v) is 2.94. The number of fused-ring (bicyclic) bond motifs is 1. The van der Waals surface area contributed by atoms with E-state index in [0.29, 0.717) is 13.1 Å². The fourth-order valence-electron chi connectivity index (χ4n) is 2.05. The number of aromatic nitrogens is 2. The van der Waals surface area contributed by atoms with Crippen molar-refractivity contribution < 1.29 is 10.2 Å². The van der Waals surface area contributed by atoms with Crippen molar-refractivity contribution in [2.24, 2.45) is 5.73 Å². The Labute approximate surface area is 106 Å². The van der Waals surface area contributed by atoms with E-state index >= 15 is 0 Å². The second-order valence-electron chi connectivity index (χ2n) is 4.36. The first kappa shape index (κ1) is 13.0. The number of imidazole rings is 1. The van der Waals surface area contributed by atoms with E-state index in [0.717, 1.165) is 29.7 Å². The minimum Gasteiger partial charge on any atom is -0.394 e. The molecule has 5 heteroatoms. The molecule has 2 aromatic rings. The second-order valence-corrected chi connectivity index (χ2v) is 4.36. The highest BCUT2D eigenvalue weighted by Gasteiger charge is 2.12. The van der Waals surface area contributed by atoms with Crippen LogP contribution in [0.5, 0.6) is 0 Å². The molecule has 0 amide bonds. The van der Waals surface area contributed by atoms with E-state index < -0.39 is 6.10 Å². The highest BCUT2D eigenvalue weighted by molar-refractivity contribution is 5.75. The average Bonchev–Trinajstić information content (AvgIpc) is 2.74. The topological polar surface area (TPSA) is 84.3 Å². The predicted octanol–water partition coefficient (Wildman–Crippen LogP) is 0.281. The number of nitrogens with two attached hydrogens (primary N) is 1. The standard InChI is InChI=1S/C13H19N3O2/c14-7-3-6-13-15-11-4-1-2-5-12(11)16(13)8-10(18)9-17/h1-2,4-5,10,17-18H,3,6-9,14H2. The number of rotatable bonds is 6. The molecule has 0 saturated heterocycles. The molecule has 0 aliphatic carbocycles. The Balaban J connectivity index is 2.37. The lowest BCUT2D eigenvalue weighted by molar-refractivity contribution is 0.0814. The third-order valence-electron chi connectivity index (χ3n) is 2.94. The number of aliphatic hydroxyl groups is 2. The molecule has 0 aliphatic rings. The van der Waals surface area contributed by atoms with Crippen molar-refractivity contribution in [1.29, 1.82) is 0 Å². The zero-order valence-corrected chi connectivity index (χ0v) is 10.3. The molecule has 1 heterocycles. The van der Waals surface area contributed by atoms with Gasteiger partial charge in [-0.05, 0) is 25.1 Å². The lowest BCUT2D eigenvalue weighted by atomic mass is 10.2. The van der Waals surface area contributed by atoms with Gasteiger partial charge in [-0.25, -0.2) is 4.98 Å². The lowest BCUT2D eigenvalue weighted by Gasteiger charge is -2.12. The van der Waals surface area contributed by atoms with Crippen molar-refractivity contribution >= 4 is 11.0 Å². The zero-order chi connectivity index (χ0) is 13.0. The van der Waals surface area contributed by atoms with E-state index in [4.69, 9.17) is 10.8 Å². The van der Waals surface area contributed by atoms with Crippen molar-refractivity contribution in [2.75, 3.05) is 13.2 Å². The van der Waals surface area contributed by atoms with Crippen molar-refractivity contribution in [3.63, 3.8) is 0 Å². The second kappa shape index (κ2) is 5.95. The summed E-state index contributed by atoms with van der Waals surface area (Å²) in [5.41, 5.74) is 7.42. The summed E-state index contributed by atoms with van der Waals surface area (Å²) >= 11 is 0. The van der Waals surface area contributed by atoms with Gasteiger partial charge in [0.15, 0.2) is 0 Å². The van der Waals surface area contributed by atoms with Crippen molar-refractivity contribution in [2.45, 2.75) is 25.5 Å². The van der Waals surface area contributed by atoms with Crippen LogP contribution in [0.3, 0.4) is 0 Å². The molecular formula is C13H19N3O2. The van der Waals surface area contributed by atoms with Crippen LogP contribution in [-0.2, 0) is 13.0 Å². The maximum Gasteiger partial charge on any atom is 0.109 e. The molecule has 1 aromatic carbocycles. The summed E-state index contributed by atoms with van der Waals surface area (Å²) in [5.74, 6) is 0.911. The first-order chi connectivity index (χ1) is 8.76. The van der Waals surface area contributed by atoms with Gasteiger partial charge in [0.2, 0.25) is 0 Å². The van der Waals surface area contributed by atoms with Gasteiger partial charge in [-0.3, -0.25) is 0 Å². The fraction of sp³-hybridized carbons (Fsp3) is 0.462. The minimum atomic E-state index is -0.765. The molecule has 0 spiro atoms. The Kier molecular flexibility index (Phi) is 4.30. The Bertz CT molecular complexity index is 510. The van der Waals surface area contributed by atoms with Gasteiger partial charge in [-0.15, -0.1) is 0 Å². The number of nitrogens with zero attached hydrogens (tertiary/aromatic N) is 2. The lowest BCUT2D eigenvalue weighted by Crippen LogP contribution is -2.21. The van der Waals surface area contributed by atoms with Gasteiger partial charge in [0.1, 0.15) is 5.82 Å². The van der Waals surface area contributed by atoms with Crippen LogP contribution in [0.15, 0.2) is 24.3 Å². The molecule has 0 bridgehead atoms. The normalized spacial score (nSPS) is 13.1. The number of aliphatic hydroxyl groups excluding tert-OH is 2. The van der Waals surface area contributed by atoms with Gasteiger partial charge in [0.05, 0.1) is 30.3 Å². The van der Waals surface area contributed by atoms with Crippen LogP contribution in [0, 0.1) is 0 Å². The molecule has 0 radical (unpaired) electrons. The van der Waals surface area contributed by atoms with Crippen LogP contribution < -0.4 is 5.73 Å². The summed E-state index contributed by atoms with van der Waals surface area (Å²) < 4.78 is 1.96. The summed E-state index contributed by atoms with van der Waals surface area (Å²) in [6, 6.07) is 7.80. The highest BCUT2D eigenvalue weighted by atomic mass is 16.3. The Morgan fingerprint density at radius 2 is 2.11 bits per heavy atom. The summed E-state index contributed by atoms with van der Waals surface area (Å²) in [6.45, 7) is 0.728. The molecule has 0 fully saturated rings. The summed E-state index contributed by atoms with van der Waals surface area (Å²) in [7, 11) is 0. The number of para-hydroxylation sites is 2. The van der Waals surface area contributed by atoms with Gasteiger partial charge >= 0.3 is 0 Å². The molecule has 1 atom stereocenters. The summed E-state index contributed by atoms with van der Waals surface area (Å²) in [5, 5.41) is 18.6. The number of benzene rings is 1. The van der Waals surface area contributed by atoms with Crippen LogP contribution in [0.1, 0.15) is 12.2 Å². The Morgan fingerprint density at radius 1 is 1.33 bits per heavy atom. The van der Waals surface area contributed by atoms with Gasteiger partial charge in [-0.1, -0.05) is 12.1 Å². The molecule has 1 unspecified atom stereocenters. The quantitative estimate of drug-likeness (QED) is 0.686. The predicted molar refractivity (Wildman–Crippen MR) is 70.2 cm³/mol. The molecule has 98 valence electrons. The van der Waals surface area contributed by atoms with Crippen molar-refractivity contribution in [1.82, 2.24) is 9.55 Å². The number of hydrogen-bond acceptors (Lipinski definition) is 4. The van der Waals surface area contributed by atoms with Crippen LogP contribution in [0.2, 0.25) is 0 Å². The average molecular weight is 249 g/mol. The minimum absolute atomic E-state index is 0.247. The maximum atomic E-state index is 9.62. The van der Waals surface area contributed by atoms with Crippen LogP contribution in [-0.4, -0.2) is 39.0 Å². The zero-order valence-electron chi connectivity index (χ0n) is 10.3. The van der Waals surface area contributed by atoms with Crippen LogP contribution in [0.4, 0.5) is 0 Å². The van der Waals surface area contributed by atoms with Crippen LogP contribution >= 0.6 is 0 Å². The van der Waals surface area contributed by atoms with E-state index in [2.05, 4.69) is 4.98 Å². The monoisotopic (exact) mass is 249 g/mol. The number of hydrogen-bond donors (Lipinski definition) is 3. The van der Waals surface area contributed by atoms with Crippen LogP contribution in [0.25, 0.3) is 11.0 Å². The third kappa shape index (κ3) is 2.69. The first-order valence-electron chi connectivity index (χ1n) is 6.19. The molecular weight excluding hydrogens is 230 g/mol. The smallest absolute Gasteiger partial charge is 0.109 e. The molecule has 18 heavy (non-hydrogen) atoms. The highest BCUT2D eigenvalue weighted by Crippen LogP contribution is 2.17. The Morgan fingerprint density at radius 3 is 2.83 bits per heavy atom. The van der Waals surface area contributed by atoms with E-state index in [9.17, 15) is 5.11 Å². The van der Waals surface area contributed by atoms with Gasteiger partial charge in [-0.2, -0.15) is 0 Å². The van der Waals surface area contributed by atoms with E-state index in [1.165, 1.54) is 0 Å². The SMILES string of the molecule is NCCCc1nc2ccccc2n1CC(O)CO. The molecule has 0 aliphatic heterocycles. The van der Waals surface area contributed by atoms with Crippen molar-refractivity contribution in [3.05, 3.63) is 30.1 Å². The van der Waals surface area contributed by atoms with E-state index in [1.807, 2.05) is 28.8 Å². The molecule has 2 rings (SSSR count). The van der Waals surface area contributed by atoms with Crippen molar-refractivity contribution in [3.8, 4) is 0 Å². The molecule has 0 saturated carbocycles. The number of aryl methyl sites for hydroxylation is 1. The first-order valence-corrected chi connectivity index (χ1v) is 6.19. The van der Waals surface area contributed by atoms with Gasteiger partial charge in [0, 0.05) is 6.42 Å². The molecule has 4 N–H and O–H groups in total. The summed E-state index contributed by atoms with van der Waals surface area (Å²) in [6.07, 6.45) is 0.876. The maximum absolute atomic E-state index is 9.62.